The number of halogens is 4. The molecule has 0 atom stereocenters. The van der Waals surface area contributed by atoms with E-state index in [1.165, 1.54) is 6.07 Å². The Balaban J connectivity index is 2.25. The smallest absolute Gasteiger partial charge is 0.419 e. The van der Waals surface area contributed by atoms with Crippen LogP contribution in [0.5, 0.6) is 0 Å². The van der Waals surface area contributed by atoms with Crippen LogP contribution >= 0.6 is 0 Å². The van der Waals surface area contributed by atoms with E-state index in [-0.39, 0.29) is 5.56 Å². The minimum absolute atomic E-state index is 0.276. The summed E-state index contributed by atoms with van der Waals surface area (Å²) in [4.78, 5) is 0. The monoisotopic (exact) mass is 287 g/mol. The standard InChI is InChI=1S/C14H13F4NO/c1-2-19-8-10-4-6-13(20-10)9-3-5-11(12(15)7-9)14(16,17)18/h3-7,19H,2,8H2,1H3. The second-order valence-corrected chi connectivity index (χ2v) is 4.24. The molecule has 1 heterocycles. The highest BCUT2D eigenvalue weighted by atomic mass is 19.4. The van der Waals surface area contributed by atoms with Crippen molar-refractivity contribution in [3.8, 4) is 11.3 Å². The average molecular weight is 287 g/mol. The van der Waals surface area contributed by atoms with Gasteiger partial charge in [-0.2, -0.15) is 13.2 Å². The minimum Gasteiger partial charge on any atom is -0.460 e. The maximum absolute atomic E-state index is 13.5. The lowest BCUT2D eigenvalue weighted by Gasteiger charge is -2.08. The van der Waals surface area contributed by atoms with Crippen LogP contribution in [-0.4, -0.2) is 6.54 Å². The summed E-state index contributed by atoms with van der Waals surface area (Å²) in [6.07, 6.45) is -4.69. The van der Waals surface area contributed by atoms with Gasteiger partial charge >= 0.3 is 6.18 Å². The van der Waals surface area contributed by atoms with Crippen molar-refractivity contribution >= 4 is 0 Å². The van der Waals surface area contributed by atoms with Gasteiger partial charge in [0, 0.05) is 5.56 Å². The van der Waals surface area contributed by atoms with Gasteiger partial charge < -0.3 is 9.73 Å². The average Bonchev–Trinajstić information content (AvgIpc) is 2.83. The summed E-state index contributed by atoms with van der Waals surface area (Å²) in [7, 11) is 0. The van der Waals surface area contributed by atoms with E-state index < -0.39 is 17.6 Å². The summed E-state index contributed by atoms with van der Waals surface area (Å²) in [6.45, 7) is 3.22. The van der Waals surface area contributed by atoms with Crippen LogP contribution in [0.25, 0.3) is 11.3 Å². The Morgan fingerprint density at radius 3 is 2.50 bits per heavy atom. The zero-order valence-corrected chi connectivity index (χ0v) is 10.7. The molecule has 1 aromatic carbocycles. The predicted molar refractivity (Wildman–Crippen MR) is 66.5 cm³/mol. The summed E-state index contributed by atoms with van der Waals surface area (Å²) in [6, 6.07) is 6.06. The Bertz CT molecular complexity index is 589. The number of hydrogen-bond acceptors (Lipinski definition) is 2. The van der Waals surface area contributed by atoms with Crippen molar-refractivity contribution < 1.29 is 22.0 Å². The quantitative estimate of drug-likeness (QED) is 0.852. The Labute approximate surface area is 113 Å². The summed E-state index contributed by atoms with van der Waals surface area (Å²) in [5, 5.41) is 3.05. The van der Waals surface area contributed by atoms with E-state index in [1.54, 1.807) is 12.1 Å². The van der Waals surface area contributed by atoms with Crippen LogP contribution in [-0.2, 0) is 12.7 Å². The molecule has 0 saturated heterocycles. The lowest BCUT2D eigenvalue weighted by atomic mass is 10.1. The fourth-order valence-corrected chi connectivity index (χ4v) is 1.77. The number of nitrogens with one attached hydrogen (secondary N) is 1. The van der Waals surface area contributed by atoms with Gasteiger partial charge in [-0.1, -0.05) is 13.0 Å². The summed E-state index contributed by atoms with van der Waals surface area (Å²) >= 11 is 0. The van der Waals surface area contributed by atoms with Gasteiger partial charge in [-0.05, 0) is 30.8 Å². The minimum atomic E-state index is -4.69. The zero-order chi connectivity index (χ0) is 14.8. The van der Waals surface area contributed by atoms with Crippen molar-refractivity contribution in [1.82, 2.24) is 5.32 Å². The number of benzene rings is 1. The Kier molecular flexibility index (Phi) is 4.13. The SMILES string of the molecule is CCNCc1ccc(-c2ccc(C(F)(F)F)c(F)c2)o1. The van der Waals surface area contributed by atoms with Gasteiger partial charge in [0.2, 0.25) is 0 Å². The first-order valence-electron chi connectivity index (χ1n) is 6.08. The van der Waals surface area contributed by atoms with Crippen molar-refractivity contribution in [2.24, 2.45) is 0 Å². The second-order valence-electron chi connectivity index (χ2n) is 4.24. The van der Waals surface area contributed by atoms with E-state index in [4.69, 9.17) is 4.42 Å². The molecule has 20 heavy (non-hydrogen) atoms. The van der Waals surface area contributed by atoms with Gasteiger partial charge in [-0.3, -0.25) is 0 Å². The molecule has 1 aromatic heterocycles. The molecule has 2 rings (SSSR count). The molecule has 0 spiro atoms. The Morgan fingerprint density at radius 2 is 1.90 bits per heavy atom. The third kappa shape index (κ3) is 3.19. The van der Waals surface area contributed by atoms with Gasteiger partial charge in [0.15, 0.2) is 0 Å². The first-order valence-corrected chi connectivity index (χ1v) is 6.08. The van der Waals surface area contributed by atoms with Crippen LogP contribution < -0.4 is 5.32 Å². The lowest BCUT2D eigenvalue weighted by Crippen LogP contribution is -2.10. The fraction of sp³-hybridized carbons (Fsp3) is 0.286. The molecule has 0 aliphatic rings. The van der Waals surface area contributed by atoms with Crippen LogP contribution in [0.1, 0.15) is 18.2 Å². The molecule has 0 aliphatic carbocycles. The molecule has 6 heteroatoms. The second kappa shape index (κ2) is 5.66. The van der Waals surface area contributed by atoms with Gasteiger partial charge in [-0.15, -0.1) is 0 Å². The highest BCUT2D eigenvalue weighted by Gasteiger charge is 2.34. The summed E-state index contributed by atoms with van der Waals surface area (Å²) in [5.74, 6) is -0.327. The molecule has 0 radical (unpaired) electrons. The predicted octanol–water partition coefficient (Wildman–Crippen LogP) is 4.21. The Morgan fingerprint density at radius 1 is 1.15 bits per heavy atom. The molecular formula is C14H13F4NO. The highest BCUT2D eigenvalue weighted by molar-refractivity contribution is 5.58. The molecule has 0 aliphatic heterocycles. The number of rotatable bonds is 4. The van der Waals surface area contributed by atoms with E-state index in [9.17, 15) is 17.6 Å². The fourth-order valence-electron chi connectivity index (χ4n) is 1.77. The molecule has 108 valence electrons. The lowest BCUT2D eigenvalue weighted by molar-refractivity contribution is -0.139. The first kappa shape index (κ1) is 14.6. The number of hydrogen-bond donors (Lipinski definition) is 1. The topological polar surface area (TPSA) is 25.2 Å². The van der Waals surface area contributed by atoms with Gasteiger partial charge in [-0.25, -0.2) is 4.39 Å². The molecule has 0 unspecified atom stereocenters. The normalized spacial score (nSPS) is 11.8. The van der Waals surface area contributed by atoms with Crippen LogP contribution in [0.3, 0.4) is 0 Å². The number of furan rings is 1. The first-order chi connectivity index (χ1) is 9.41. The number of alkyl halides is 3. The van der Waals surface area contributed by atoms with Crippen molar-refractivity contribution in [1.29, 1.82) is 0 Å². The van der Waals surface area contributed by atoms with Crippen molar-refractivity contribution in [3.05, 3.63) is 47.5 Å². The zero-order valence-electron chi connectivity index (χ0n) is 10.7. The molecule has 0 saturated carbocycles. The van der Waals surface area contributed by atoms with Crippen molar-refractivity contribution in [3.63, 3.8) is 0 Å². The van der Waals surface area contributed by atoms with Crippen LogP contribution in [0.4, 0.5) is 17.6 Å². The van der Waals surface area contributed by atoms with E-state index in [0.717, 1.165) is 18.7 Å². The van der Waals surface area contributed by atoms with Crippen LogP contribution in [0.2, 0.25) is 0 Å². The molecular weight excluding hydrogens is 274 g/mol. The molecule has 0 amide bonds. The van der Waals surface area contributed by atoms with E-state index in [2.05, 4.69) is 5.32 Å². The van der Waals surface area contributed by atoms with Crippen LogP contribution in [0.15, 0.2) is 34.7 Å². The summed E-state index contributed by atoms with van der Waals surface area (Å²) in [5.41, 5.74) is -1.00. The summed E-state index contributed by atoms with van der Waals surface area (Å²) < 4.78 is 56.3. The third-order valence-corrected chi connectivity index (χ3v) is 2.77. The van der Waals surface area contributed by atoms with E-state index in [0.29, 0.717) is 18.1 Å². The molecule has 0 bridgehead atoms. The molecule has 0 fully saturated rings. The largest absolute Gasteiger partial charge is 0.460 e. The molecule has 2 nitrogen and oxygen atoms in total. The maximum Gasteiger partial charge on any atom is 0.419 e. The molecule has 2 aromatic rings. The van der Waals surface area contributed by atoms with Crippen LogP contribution in [0, 0.1) is 5.82 Å². The van der Waals surface area contributed by atoms with Gasteiger partial charge in [0.05, 0.1) is 12.1 Å². The van der Waals surface area contributed by atoms with E-state index >= 15 is 0 Å². The Hall–Kier alpha value is -1.82. The molecule has 1 N–H and O–H groups in total. The van der Waals surface area contributed by atoms with E-state index in [1.807, 2.05) is 6.92 Å². The van der Waals surface area contributed by atoms with Crippen molar-refractivity contribution in [2.75, 3.05) is 6.54 Å². The highest BCUT2D eigenvalue weighted by Crippen LogP contribution is 2.33. The van der Waals surface area contributed by atoms with Gasteiger partial charge in [0.25, 0.3) is 0 Å². The van der Waals surface area contributed by atoms with Crippen molar-refractivity contribution in [2.45, 2.75) is 19.6 Å². The van der Waals surface area contributed by atoms with Gasteiger partial charge in [0.1, 0.15) is 17.3 Å². The third-order valence-electron chi connectivity index (χ3n) is 2.77. The maximum atomic E-state index is 13.5.